The van der Waals surface area contributed by atoms with Crippen LogP contribution < -0.4 is 10.0 Å². The molecule has 0 radical (unpaired) electrons. The van der Waals surface area contributed by atoms with Crippen molar-refractivity contribution in [2.24, 2.45) is 11.8 Å². The largest absolute Gasteiger partial charge is 0.480 e. The smallest absolute Gasteiger partial charge is 0.322 e. The molecule has 5 rings (SSSR count). The van der Waals surface area contributed by atoms with Crippen LogP contribution in [-0.2, 0) is 21.2 Å². The molecule has 0 unspecified atom stereocenters. The van der Waals surface area contributed by atoms with Gasteiger partial charge in [-0.3, -0.25) is 9.59 Å². The van der Waals surface area contributed by atoms with E-state index in [0.717, 1.165) is 46.4 Å². The van der Waals surface area contributed by atoms with Crippen molar-refractivity contribution in [2.75, 3.05) is 5.32 Å². The molecule has 8 nitrogen and oxygen atoms in total. The summed E-state index contributed by atoms with van der Waals surface area (Å²) in [4.78, 5) is 24.5. The maximum Gasteiger partial charge on any atom is 0.322 e. The molecule has 0 bridgehead atoms. The normalized spacial score (nSPS) is 14.3. The summed E-state index contributed by atoms with van der Waals surface area (Å²) in [6, 6.07) is 18.2. The molecule has 4 aromatic rings. The molecular formula is C32H34N2O6S. The fourth-order valence-electron chi connectivity index (χ4n) is 5.05. The third kappa shape index (κ3) is 6.36. The number of carboxylic acids is 1. The predicted octanol–water partition coefficient (Wildman–Crippen LogP) is 6.39. The lowest BCUT2D eigenvalue weighted by Gasteiger charge is -2.18. The zero-order valence-corrected chi connectivity index (χ0v) is 24.1. The summed E-state index contributed by atoms with van der Waals surface area (Å²) >= 11 is 0. The summed E-state index contributed by atoms with van der Waals surface area (Å²) in [5.74, 6) is -0.826. The molecule has 1 saturated carbocycles. The first kappa shape index (κ1) is 28.6. The highest BCUT2D eigenvalue weighted by molar-refractivity contribution is 7.89. The number of hydrogen-bond donors (Lipinski definition) is 3. The molecule has 9 heteroatoms. The zero-order chi connectivity index (χ0) is 29.3. The summed E-state index contributed by atoms with van der Waals surface area (Å²) in [6.45, 7) is 5.20. The number of carbonyl (C=O) groups is 2. The van der Waals surface area contributed by atoms with Gasteiger partial charge in [-0.1, -0.05) is 63.1 Å². The maximum absolute atomic E-state index is 13.1. The van der Waals surface area contributed by atoms with Crippen molar-refractivity contribution in [1.82, 2.24) is 4.72 Å². The molecule has 1 aliphatic rings. The van der Waals surface area contributed by atoms with Crippen LogP contribution in [0.3, 0.4) is 0 Å². The van der Waals surface area contributed by atoms with Gasteiger partial charge in [0.15, 0.2) is 5.76 Å². The quantitative estimate of drug-likeness (QED) is 0.191. The van der Waals surface area contributed by atoms with E-state index < -0.39 is 28.0 Å². The van der Waals surface area contributed by atoms with Crippen molar-refractivity contribution in [3.05, 3.63) is 83.6 Å². The average molecular weight is 575 g/mol. The number of anilines is 1. The van der Waals surface area contributed by atoms with E-state index >= 15 is 0 Å². The van der Waals surface area contributed by atoms with E-state index in [9.17, 15) is 23.1 Å². The lowest BCUT2D eigenvalue weighted by Crippen LogP contribution is -2.44. The third-order valence-electron chi connectivity index (χ3n) is 7.62. The summed E-state index contributed by atoms with van der Waals surface area (Å²) in [5, 5.41) is 13.3. The molecule has 0 aliphatic heterocycles. The third-order valence-corrected chi connectivity index (χ3v) is 9.08. The van der Waals surface area contributed by atoms with Gasteiger partial charge >= 0.3 is 5.97 Å². The van der Waals surface area contributed by atoms with E-state index in [-0.39, 0.29) is 10.8 Å². The van der Waals surface area contributed by atoms with Crippen LogP contribution in [0.2, 0.25) is 0 Å². The molecule has 3 aromatic carbocycles. The van der Waals surface area contributed by atoms with Gasteiger partial charge in [0, 0.05) is 16.6 Å². The zero-order valence-electron chi connectivity index (χ0n) is 23.3. The van der Waals surface area contributed by atoms with Crippen LogP contribution in [-0.4, -0.2) is 31.4 Å². The molecule has 1 heterocycles. The van der Waals surface area contributed by atoms with Gasteiger partial charge in [0.1, 0.15) is 11.6 Å². The van der Waals surface area contributed by atoms with Gasteiger partial charge in [-0.05, 0) is 78.6 Å². The first-order chi connectivity index (χ1) is 19.5. The topological polar surface area (TPSA) is 126 Å². The van der Waals surface area contributed by atoms with Gasteiger partial charge in [0.05, 0.1) is 4.90 Å². The number of carboxylic acid groups (broad SMARTS) is 1. The Morgan fingerprint density at radius 2 is 1.61 bits per heavy atom. The van der Waals surface area contributed by atoms with E-state index in [0.29, 0.717) is 11.4 Å². The Balaban J connectivity index is 1.27. The second-order valence-corrected chi connectivity index (χ2v) is 12.8. The number of carbonyl (C=O) groups excluding carboxylic acids is 1. The first-order valence-electron chi connectivity index (χ1n) is 13.8. The molecular weight excluding hydrogens is 540 g/mol. The maximum atomic E-state index is 13.1. The van der Waals surface area contributed by atoms with E-state index in [2.05, 4.69) is 16.1 Å². The molecule has 1 aliphatic carbocycles. The molecule has 1 fully saturated rings. The molecule has 1 atom stereocenters. The second kappa shape index (κ2) is 11.5. The van der Waals surface area contributed by atoms with Crippen molar-refractivity contribution >= 4 is 38.6 Å². The number of amides is 1. The monoisotopic (exact) mass is 574 g/mol. The van der Waals surface area contributed by atoms with Crippen molar-refractivity contribution in [1.29, 1.82) is 0 Å². The van der Waals surface area contributed by atoms with Crippen LogP contribution in [0.15, 0.2) is 76.0 Å². The Kier molecular flexibility index (Phi) is 8.02. The number of furan rings is 1. The minimum atomic E-state index is -4.00. The van der Waals surface area contributed by atoms with Crippen LogP contribution >= 0.6 is 0 Å². The standard InChI is InChI=1S/C32H34N2O6S/c1-19(2)29(32(36)37)34-41(38,39)26-17-13-23(14-18-26)22-11-15-25(16-12-22)33-31(35)30-20(3)28-24(10-9-21-7-8-21)5-4-6-27(28)40-30/h4-6,11-19,21,29,34H,7-10H2,1-3H3,(H,33,35)(H,36,37)/t29-/m0/s1. The van der Waals surface area contributed by atoms with Crippen LogP contribution in [0, 0.1) is 18.8 Å². The summed E-state index contributed by atoms with van der Waals surface area (Å²) in [7, 11) is -4.00. The lowest BCUT2D eigenvalue weighted by atomic mass is 10.0. The van der Waals surface area contributed by atoms with Gasteiger partial charge in [-0.15, -0.1) is 0 Å². The van der Waals surface area contributed by atoms with Gasteiger partial charge in [0.25, 0.3) is 5.91 Å². The molecule has 1 amide bonds. The molecule has 0 saturated heterocycles. The molecule has 3 N–H and O–H groups in total. The van der Waals surface area contributed by atoms with Gasteiger partial charge in [-0.25, -0.2) is 8.42 Å². The fourth-order valence-corrected chi connectivity index (χ4v) is 6.38. The van der Waals surface area contributed by atoms with E-state index in [1.165, 1.54) is 30.5 Å². The van der Waals surface area contributed by atoms with Crippen molar-refractivity contribution in [2.45, 2.75) is 57.4 Å². The number of benzene rings is 3. The van der Waals surface area contributed by atoms with E-state index in [1.807, 2.05) is 31.2 Å². The Morgan fingerprint density at radius 3 is 2.20 bits per heavy atom. The first-order valence-corrected chi connectivity index (χ1v) is 15.3. The van der Waals surface area contributed by atoms with Gasteiger partial charge < -0.3 is 14.8 Å². The van der Waals surface area contributed by atoms with Crippen molar-refractivity contribution < 1.29 is 27.5 Å². The summed E-state index contributed by atoms with van der Waals surface area (Å²) in [6.07, 6.45) is 4.77. The predicted molar refractivity (Wildman–Crippen MR) is 158 cm³/mol. The van der Waals surface area contributed by atoms with Gasteiger partial charge in [0.2, 0.25) is 10.0 Å². The highest BCUT2D eigenvalue weighted by atomic mass is 32.2. The van der Waals surface area contributed by atoms with Crippen molar-refractivity contribution in [3.8, 4) is 11.1 Å². The number of nitrogens with one attached hydrogen (secondary N) is 2. The second-order valence-electron chi connectivity index (χ2n) is 11.1. The number of sulfonamides is 1. The number of rotatable bonds is 11. The van der Waals surface area contributed by atoms with Crippen LogP contribution in [0.25, 0.3) is 22.1 Å². The Morgan fingerprint density at radius 1 is 0.976 bits per heavy atom. The minimum absolute atomic E-state index is 0.0195. The molecule has 0 spiro atoms. The Hall–Kier alpha value is -3.95. The number of aliphatic carboxylic acids is 1. The van der Waals surface area contributed by atoms with Crippen LogP contribution in [0.5, 0.6) is 0 Å². The SMILES string of the molecule is Cc1c(C(=O)Nc2ccc(-c3ccc(S(=O)(=O)N[C@H](C(=O)O)C(C)C)cc3)cc2)oc2cccc(CCC3CC3)c12. The number of hydrogen-bond acceptors (Lipinski definition) is 5. The average Bonchev–Trinajstić information content (AvgIpc) is 3.72. The minimum Gasteiger partial charge on any atom is -0.480 e. The lowest BCUT2D eigenvalue weighted by molar-refractivity contribution is -0.140. The summed E-state index contributed by atoms with van der Waals surface area (Å²) in [5.41, 5.74) is 4.98. The summed E-state index contributed by atoms with van der Waals surface area (Å²) < 4.78 is 33.6. The highest BCUT2D eigenvalue weighted by Gasteiger charge is 2.28. The molecule has 214 valence electrons. The van der Waals surface area contributed by atoms with Crippen LogP contribution in [0.4, 0.5) is 5.69 Å². The Labute approximate surface area is 239 Å². The fraction of sp³-hybridized carbons (Fsp3) is 0.312. The van der Waals surface area contributed by atoms with E-state index in [4.69, 9.17) is 4.42 Å². The number of aryl methyl sites for hydroxylation is 2. The molecule has 41 heavy (non-hydrogen) atoms. The van der Waals surface area contributed by atoms with Gasteiger partial charge in [-0.2, -0.15) is 4.72 Å². The number of fused-ring (bicyclic) bond motifs is 1. The highest BCUT2D eigenvalue weighted by Crippen LogP contribution is 2.36. The molecule has 1 aromatic heterocycles. The van der Waals surface area contributed by atoms with E-state index in [1.54, 1.807) is 38.1 Å². The van der Waals surface area contributed by atoms with Crippen molar-refractivity contribution in [3.63, 3.8) is 0 Å². The van der Waals surface area contributed by atoms with Crippen LogP contribution in [0.1, 0.15) is 54.8 Å². The Bertz CT molecular complexity index is 1680.